The van der Waals surface area contributed by atoms with Crippen molar-refractivity contribution < 1.29 is 9.53 Å². The fourth-order valence-corrected chi connectivity index (χ4v) is 3.11. The van der Waals surface area contributed by atoms with Gasteiger partial charge in [0.05, 0.1) is 13.2 Å². The van der Waals surface area contributed by atoms with Gasteiger partial charge in [-0.3, -0.25) is 4.79 Å². The van der Waals surface area contributed by atoms with Crippen LogP contribution < -0.4 is 15.4 Å². The highest BCUT2D eigenvalue weighted by Gasteiger charge is 2.04. The minimum atomic E-state index is -0.103. The summed E-state index contributed by atoms with van der Waals surface area (Å²) in [5.41, 5.74) is 3.03. The van der Waals surface area contributed by atoms with E-state index in [0.29, 0.717) is 18.2 Å². The number of benzene rings is 3. The molecule has 5 heteroatoms. The highest BCUT2D eigenvalue weighted by atomic mass is 35.5. The summed E-state index contributed by atoms with van der Waals surface area (Å²) in [4.78, 5) is 12.1. The van der Waals surface area contributed by atoms with Crippen molar-refractivity contribution >= 4 is 23.2 Å². The number of rotatable bonds is 10. The Bertz CT molecular complexity index is 898. The van der Waals surface area contributed by atoms with E-state index in [1.54, 1.807) is 0 Å². The zero-order valence-corrected chi connectivity index (χ0v) is 17.0. The van der Waals surface area contributed by atoms with Crippen LogP contribution in [0.15, 0.2) is 78.9 Å². The van der Waals surface area contributed by atoms with Gasteiger partial charge in [0.15, 0.2) is 0 Å². The summed E-state index contributed by atoms with van der Waals surface area (Å²) < 4.78 is 5.78. The molecule has 150 valence electrons. The van der Waals surface area contributed by atoms with Crippen LogP contribution in [0.5, 0.6) is 5.75 Å². The molecule has 2 N–H and O–H groups in total. The minimum absolute atomic E-state index is 0.103. The summed E-state index contributed by atoms with van der Waals surface area (Å²) in [6.07, 6.45) is 1.95. The number of anilines is 1. The Morgan fingerprint density at radius 2 is 1.62 bits per heavy atom. The number of aryl methyl sites for hydroxylation is 1. The highest BCUT2D eigenvalue weighted by Crippen LogP contribution is 2.16. The Hall–Kier alpha value is -2.82. The fourth-order valence-electron chi connectivity index (χ4n) is 2.90. The molecule has 29 heavy (non-hydrogen) atoms. The third-order valence-electron chi connectivity index (χ3n) is 4.42. The topological polar surface area (TPSA) is 50.4 Å². The standard InChI is InChI=1S/C24H25ClN2O2/c25-23-11-5-4-10-20(23)17-26-18-24(28)27-21-12-14-22(15-13-21)29-16-6-9-19-7-2-1-3-8-19/h1-5,7-8,10-15,26H,6,9,16-18H2,(H,27,28). The Kier molecular flexibility index (Phi) is 8.11. The summed E-state index contributed by atoms with van der Waals surface area (Å²) in [6, 6.07) is 25.4. The summed E-state index contributed by atoms with van der Waals surface area (Å²) in [7, 11) is 0. The summed E-state index contributed by atoms with van der Waals surface area (Å²) in [6.45, 7) is 1.42. The molecule has 0 saturated heterocycles. The molecule has 0 aliphatic carbocycles. The Labute approximate surface area is 176 Å². The first-order valence-electron chi connectivity index (χ1n) is 9.71. The lowest BCUT2D eigenvalue weighted by Crippen LogP contribution is -2.27. The fraction of sp³-hybridized carbons (Fsp3) is 0.208. The maximum absolute atomic E-state index is 12.1. The van der Waals surface area contributed by atoms with Gasteiger partial charge in [-0.05, 0) is 54.3 Å². The molecule has 0 atom stereocenters. The lowest BCUT2D eigenvalue weighted by Gasteiger charge is -2.09. The van der Waals surface area contributed by atoms with E-state index in [0.717, 1.165) is 29.8 Å². The zero-order chi connectivity index (χ0) is 20.3. The molecule has 0 fully saturated rings. The average molecular weight is 409 g/mol. The van der Waals surface area contributed by atoms with Crippen molar-refractivity contribution in [2.24, 2.45) is 0 Å². The van der Waals surface area contributed by atoms with Gasteiger partial charge in [-0.2, -0.15) is 0 Å². The first-order chi connectivity index (χ1) is 14.2. The molecular formula is C24H25ClN2O2. The molecule has 3 aromatic rings. The predicted octanol–water partition coefficient (Wildman–Crippen LogP) is 5.08. The van der Waals surface area contributed by atoms with Crippen molar-refractivity contribution in [3.8, 4) is 5.75 Å². The molecule has 4 nitrogen and oxygen atoms in total. The lowest BCUT2D eigenvalue weighted by molar-refractivity contribution is -0.115. The molecule has 3 rings (SSSR count). The molecule has 1 amide bonds. The largest absolute Gasteiger partial charge is 0.494 e. The van der Waals surface area contributed by atoms with Gasteiger partial charge in [-0.15, -0.1) is 0 Å². The quantitative estimate of drug-likeness (QED) is 0.460. The van der Waals surface area contributed by atoms with E-state index in [2.05, 4.69) is 34.9 Å². The van der Waals surface area contributed by atoms with Gasteiger partial charge in [0.2, 0.25) is 5.91 Å². The second-order valence-corrected chi connectivity index (χ2v) is 7.11. The number of ether oxygens (including phenoxy) is 1. The maximum atomic E-state index is 12.1. The van der Waals surface area contributed by atoms with Crippen LogP contribution in [0.2, 0.25) is 5.02 Å². The second kappa shape index (κ2) is 11.2. The van der Waals surface area contributed by atoms with Crippen molar-refractivity contribution in [1.82, 2.24) is 5.32 Å². The van der Waals surface area contributed by atoms with E-state index in [9.17, 15) is 4.79 Å². The smallest absolute Gasteiger partial charge is 0.238 e. The van der Waals surface area contributed by atoms with Gasteiger partial charge in [-0.25, -0.2) is 0 Å². The number of halogens is 1. The Morgan fingerprint density at radius 1 is 0.897 bits per heavy atom. The highest BCUT2D eigenvalue weighted by molar-refractivity contribution is 6.31. The normalized spacial score (nSPS) is 10.5. The van der Waals surface area contributed by atoms with Gasteiger partial charge < -0.3 is 15.4 Å². The number of amides is 1. The van der Waals surface area contributed by atoms with E-state index < -0.39 is 0 Å². The second-order valence-electron chi connectivity index (χ2n) is 6.71. The molecule has 0 aromatic heterocycles. The van der Waals surface area contributed by atoms with Crippen LogP contribution in [0.4, 0.5) is 5.69 Å². The van der Waals surface area contributed by atoms with Gasteiger partial charge in [0.1, 0.15) is 5.75 Å². The van der Waals surface area contributed by atoms with Gasteiger partial charge >= 0.3 is 0 Å². The minimum Gasteiger partial charge on any atom is -0.494 e. The molecule has 0 radical (unpaired) electrons. The molecule has 0 spiro atoms. The average Bonchev–Trinajstić information content (AvgIpc) is 2.74. The van der Waals surface area contributed by atoms with Crippen LogP contribution in [0.25, 0.3) is 0 Å². The van der Waals surface area contributed by atoms with Crippen LogP contribution >= 0.6 is 11.6 Å². The summed E-state index contributed by atoms with van der Waals surface area (Å²) in [5.74, 6) is 0.696. The van der Waals surface area contributed by atoms with Crippen molar-refractivity contribution in [1.29, 1.82) is 0 Å². The van der Waals surface area contributed by atoms with Gasteiger partial charge in [-0.1, -0.05) is 60.1 Å². The third kappa shape index (κ3) is 7.26. The molecule has 0 bridgehead atoms. The monoisotopic (exact) mass is 408 g/mol. The Morgan fingerprint density at radius 3 is 2.38 bits per heavy atom. The first kappa shape index (κ1) is 20.9. The van der Waals surface area contributed by atoms with Crippen LogP contribution in [-0.4, -0.2) is 19.1 Å². The SMILES string of the molecule is O=C(CNCc1ccccc1Cl)Nc1ccc(OCCCc2ccccc2)cc1. The molecule has 0 aliphatic rings. The maximum Gasteiger partial charge on any atom is 0.238 e. The van der Waals surface area contributed by atoms with Crippen LogP contribution in [0.1, 0.15) is 17.5 Å². The zero-order valence-electron chi connectivity index (χ0n) is 16.2. The summed E-state index contributed by atoms with van der Waals surface area (Å²) in [5, 5.41) is 6.66. The number of hydrogen-bond acceptors (Lipinski definition) is 3. The number of hydrogen-bond donors (Lipinski definition) is 2. The number of nitrogens with one attached hydrogen (secondary N) is 2. The lowest BCUT2D eigenvalue weighted by atomic mass is 10.1. The van der Waals surface area contributed by atoms with E-state index in [1.165, 1.54) is 5.56 Å². The first-order valence-corrected chi connectivity index (χ1v) is 10.1. The van der Waals surface area contributed by atoms with E-state index in [1.807, 2.05) is 54.6 Å². The number of carbonyl (C=O) groups is 1. The molecule has 0 aliphatic heterocycles. The van der Waals surface area contributed by atoms with E-state index in [4.69, 9.17) is 16.3 Å². The van der Waals surface area contributed by atoms with E-state index >= 15 is 0 Å². The predicted molar refractivity (Wildman–Crippen MR) is 118 cm³/mol. The summed E-state index contributed by atoms with van der Waals surface area (Å²) >= 11 is 6.11. The van der Waals surface area contributed by atoms with Crippen LogP contribution in [-0.2, 0) is 17.8 Å². The van der Waals surface area contributed by atoms with E-state index in [-0.39, 0.29) is 12.5 Å². The Balaban J connectivity index is 1.35. The third-order valence-corrected chi connectivity index (χ3v) is 4.79. The van der Waals surface area contributed by atoms with Gasteiger partial charge in [0.25, 0.3) is 0 Å². The van der Waals surface area contributed by atoms with Crippen molar-refractivity contribution in [2.45, 2.75) is 19.4 Å². The van der Waals surface area contributed by atoms with Crippen molar-refractivity contribution in [3.05, 3.63) is 95.0 Å². The molecule has 0 saturated carbocycles. The molecule has 0 unspecified atom stereocenters. The van der Waals surface area contributed by atoms with Crippen molar-refractivity contribution in [3.63, 3.8) is 0 Å². The molecular weight excluding hydrogens is 384 g/mol. The number of carbonyl (C=O) groups excluding carboxylic acids is 1. The van der Waals surface area contributed by atoms with Crippen molar-refractivity contribution in [2.75, 3.05) is 18.5 Å². The molecule has 3 aromatic carbocycles. The van der Waals surface area contributed by atoms with Gasteiger partial charge in [0, 0.05) is 17.3 Å². The molecule has 0 heterocycles. The van der Waals surface area contributed by atoms with Crippen LogP contribution in [0, 0.1) is 0 Å². The van der Waals surface area contributed by atoms with Crippen LogP contribution in [0.3, 0.4) is 0 Å².